The molecule has 1 amide bonds. The van der Waals surface area contributed by atoms with Crippen molar-refractivity contribution in [1.82, 2.24) is 5.16 Å². The number of benzene rings is 2. The van der Waals surface area contributed by atoms with E-state index in [9.17, 15) is 9.59 Å². The average molecular weight is 458 g/mol. The molecule has 172 valence electrons. The number of rotatable bonds is 5. The summed E-state index contributed by atoms with van der Waals surface area (Å²) in [5.41, 5.74) is 3.89. The van der Waals surface area contributed by atoms with Gasteiger partial charge in [0.1, 0.15) is 35.2 Å². The third-order valence-corrected chi connectivity index (χ3v) is 5.22. The number of hydrogen-bond acceptors (Lipinski definition) is 6. The highest BCUT2D eigenvalue weighted by molar-refractivity contribution is 5.87. The second-order valence-electron chi connectivity index (χ2n) is 7.79. The molecule has 0 aliphatic heterocycles. The summed E-state index contributed by atoms with van der Waals surface area (Å²) in [5, 5.41) is 16.3. The van der Waals surface area contributed by atoms with E-state index in [1.54, 1.807) is 38.1 Å². The maximum absolute atomic E-state index is 12.5. The number of aliphatic carboxylic acids is 1. The molecular weight excluding hydrogens is 436 g/mol. The van der Waals surface area contributed by atoms with E-state index in [4.69, 9.17) is 18.8 Å². The van der Waals surface area contributed by atoms with E-state index >= 15 is 0 Å². The second kappa shape index (κ2) is 9.55. The third kappa shape index (κ3) is 5.10. The van der Waals surface area contributed by atoms with Gasteiger partial charge < -0.3 is 18.8 Å². The lowest BCUT2D eigenvalue weighted by molar-refractivity contribution is -0.136. The largest absolute Gasteiger partial charge is 0.481 e. The predicted octanol–water partition coefficient (Wildman–Crippen LogP) is 5.37. The van der Waals surface area contributed by atoms with Gasteiger partial charge in [-0.15, -0.1) is 0 Å². The summed E-state index contributed by atoms with van der Waals surface area (Å²) in [7, 11) is 0. The molecule has 2 N–H and O–H groups in total. The zero-order valence-electron chi connectivity index (χ0n) is 18.8. The Morgan fingerprint density at radius 2 is 1.94 bits per heavy atom. The number of amides is 1. The average Bonchev–Trinajstić information content (AvgIpc) is 3.34. The van der Waals surface area contributed by atoms with Crippen LogP contribution in [0.15, 0.2) is 57.5 Å². The number of carbonyl (C=O) groups is 2. The fraction of sp³-hybridized carbons (Fsp3) is 0.192. The number of ether oxygens (including phenoxy) is 1. The van der Waals surface area contributed by atoms with Crippen molar-refractivity contribution in [2.24, 2.45) is 0 Å². The quantitative estimate of drug-likeness (QED) is 0.386. The number of fused-ring (bicyclic) bond motifs is 1. The number of carboxylic acids is 1. The topological polar surface area (TPSA) is 115 Å². The van der Waals surface area contributed by atoms with Crippen LogP contribution in [-0.4, -0.2) is 22.3 Å². The van der Waals surface area contributed by atoms with Crippen LogP contribution in [0.4, 0.5) is 10.5 Å². The number of hydrogen-bond donors (Lipinski definition) is 2. The molecule has 8 heteroatoms. The lowest BCUT2D eigenvalue weighted by atomic mass is 10.1. The first kappa shape index (κ1) is 22.7. The van der Waals surface area contributed by atoms with Gasteiger partial charge in [-0.1, -0.05) is 35.3 Å². The van der Waals surface area contributed by atoms with E-state index in [0.29, 0.717) is 28.3 Å². The normalized spacial score (nSPS) is 11.5. The van der Waals surface area contributed by atoms with Crippen LogP contribution in [0.5, 0.6) is 0 Å². The maximum Gasteiger partial charge on any atom is 0.412 e. The fourth-order valence-corrected chi connectivity index (χ4v) is 3.53. The van der Waals surface area contributed by atoms with Crippen LogP contribution < -0.4 is 5.32 Å². The van der Waals surface area contributed by atoms with E-state index in [-0.39, 0.29) is 12.2 Å². The van der Waals surface area contributed by atoms with Gasteiger partial charge in [0.2, 0.25) is 5.76 Å². The smallest absolute Gasteiger partial charge is 0.412 e. The summed E-state index contributed by atoms with van der Waals surface area (Å²) in [4.78, 5) is 23.4. The molecule has 0 radical (unpaired) electrons. The van der Waals surface area contributed by atoms with E-state index in [1.807, 2.05) is 31.2 Å². The Morgan fingerprint density at radius 3 is 2.71 bits per heavy atom. The van der Waals surface area contributed by atoms with E-state index in [2.05, 4.69) is 22.3 Å². The van der Waals surface area contributed by atoms with Crippen molar-refractivity contribution in [3.05, 3.63) is 82.4 Å². The van der Waals surface area contributed by atoms with E-state index in [0.717, 1.165) is 16.5 Å². The van der Waals surface area contributed by atoms with Crippen LogP contribution in [0.25, 0.3) is 11.0 Å². The van der Waals surface area contributed by atoms with Gasteiger partial charge in [-0.25, -0.2) is 4.79 Å². The van der Waals surface area contributed by atoms with Crippen molar-refractivity contribution in [2.45, 2.75) is 33.3 Å². The molecule has 8 nitrogen and oxygen atoms in total. The van der Waals surface area contributed by atoms with Crippen LogP contribution in [0.3, 0.4) is 0 Å². The first-order valence-electron chi connectivity index (χ1n) is 10.6. The van der Waals surface area contributed by atoms with Crippen LogP contribution >= 0.6 is 0 Å². The lowest BCUT2D eigenvalue weighted by Gasteiger charge is -2.16. The van der Waals surface area contributed by atoms with Gasteiger partial charge >= 0.3 is 12.1 Å². The Hall–Kier alpha value is -4.51. The van der Waals surface area contributed by atoms with Crippen LogP contribution in [0.2, 0.25) is 0 Å². The maximum atomic E-state index is 12.5. The van der Waals surface area contributed by atoms with Crippen LogP contribution in [0.1, 0.15) is 46.9 Å². The minimum Gasteiger partial charge on any atom is -0.481 e. The Balaban J connectivity index is 1.50. The predicted molar refractivity (Wildman–Crippen MR) is 124 cm³/mol. The standard InChI is InChI=1S/C26H22N2O6/c1-15-6-4-5-7-21(15)17(3)32-26(31)27-25-16(2)28-34-22(25)11-9-18-8-10-19-13-20(14-24(29)30)33-23(19)12-18/h4-8,10,12-13,17H,14H2,1-3H3,(H,27,31)(H,29,30). The number of aryl methyl sites for hydroxylation is 2. The highest BCUT2D eigenvalue weighted by Gasteiger charge is 2.18. The minimum absolute atomic E-state index is 0.184. The van der Waals surface area contributed by atoms with Gasteiger partial charge in [0.15, 0.2) is 0 Å². The number of furan rings is 1. The monoisotopic (exact) mass is 458 g/mol. The molecule has 1 atom stereocenters. The lowest BCUT2D eigenvalue weighted by Crippen LogP contribution is -2.17. The Kier molecular flexibility index (Phi) is 6.37. The molecule has 0 aliphatic carbocycles. The van der Waals surface area contributed by atoms with Gasteiger partial charge in [-0.05, 0) is 62.1 Å². The van der Waals surface area contributed by atoms with Gasteiger partial charge in [0.05, 0.1) is 0 Å². The SMILES string of the molecule is Cc1ccccc1C(C)OC(=O)Nc1c(C)noc1C#Cc1ccc2cc(CC(=O)O)oc2c1. The van der Waals surface area contributed by atoms with E-state index < -0.39 is 18.2 Å². The summed E-state index contributed by atoms with van der Waals surface area (Å²) >= 11 is 0. The van der Waals surface area contributed by atoms with Crippen molar-refractivity contribution in [3.8, 4) is 11.8 Å². The minimum atomic E-state index is -0.966. The zero-order valence-corrected chi connectivity index (χ0v) is 18.8. The summed E-state index contributed by atoms with van der Waals surface area (Å²) in [6, 6.07) is 14.7. The Morgan fingerprint density at radius 1 is 1.15 bits per heavy atom. The number of nitrogens with one attached hydrogen (secondary N) is 1. The van der Waals surface area contributed by atoms with Gasteiger partial charge in [0.25, 0.3) is 0 Å². The molecule has 4 aromatic rings. The zero-order chi connectivity index (χ0) is 24.2. The van der Waals surface area contributed by atoms with Crippen LogP contribution in [0, 0.1) is 25.7 Å². The Labute approximate surface area is 195 Å². The van der Waals surface area contributed by atoms with Crippen molar-refractivity contribution in [2.75, 3.05) is 5.32 Å². The molecule has 0 aliphatic rings. The molecule has 34 heavy (non-hydrogen) atoms. The number of aromatic nitrogens is 1. The number of carbonyl (C=O) groups excluding carboxylic acids is 1. The molecule has 0 bridgehead atoms. The van der Waals surface area contributed by atoms with Crippen LogP contribution in [-0.2, 0) is 16.0 Å². The highest BCUT2D eigenvalue weighted by Crippen LogP contribution is 2.24. The van der Waals surface area contributed by atoms with Gasteiger partial charge in [0, 0.05) is 10.9 Å². The molecule has 2 aromatic heterocycles. The molecule has 0 fully saturated rings. The number of anilines is 1. The van der Waals surface area contributed by atoms with Crippen molar-refractivity contribution in [1.29, 1.82) is 0 Å². The molecule has 4 rings (SSSR count). The first-order chi connectivity index (χ1) is 16.3. The third-order valence-electron chi connectivity index (χ3n) is 5.22. The first-order valence-corrected chi connectivity index (χ1v) is 10.6. The summed E-state index contributed by atoms with van der Waals surface area (Å²) in [6.45, 7) is 5.45. The summed E-state index contributed by atoms with van der Waals surface area (Å²) < 4.78 is 16.4. The van der Waals surface area contributed by atoms with Gasteiger partial charge in [-0.2, -0.15) is 0 Å². The Bertz CT molecular complexity index is 1440. The molecule has 0 saturated carbocycles. The summed E-state index contributed by atoms with van der Waals surface area (Å²) in [6.07, 6.45) is -1.28. The number of nitrogens with zero attached hydrogens (tertiary/aromatic N) is 1. The fourth-order valence-electron chi connectivity index (χ4n) is 3.53. The van der Waals surface area contributed by atoms with E-state index in [1.165, 1.54) is 0 Å². The molecule has 0 spiro atoms. The van der Waals surface area contributed by atoms with Crippen molar-refractivity contribution in [3.63, 3.8) is 0 Å². The molecule has 0 saturated heterocycles. The molecule has 2 heterocycles. The molecule has 2 aromatic carbocycles. The summed E-state index contributed by atoms with van der Waals surface area (Å²) in [5.74, 6) is 5.40. The molecule has 1 unspecified atom stereocenters. The van der Waals surface area contributed by atoms with Crippen molar-refractivity contribution < 1.29 is 28.4 Å². The highest BCUT2D eigenvalue weighted by atomic mass is 16.6. The number of carboxylic acid groups (broad SMARTS) is 1. The molecular formula is C26H22N2O6. The van der Waals surface area contributed by atoms with Crippen molar-refractivity contribution >= 4 is 28.7 Å². The second-order valence-corrected chi connectivity index (χ2v) is 7.79. The van der Waals surface area contributed by atoms with Gasteiger partial charge in [-0.3, -0.25) is 10.1 Å².